The molecule has 0 aliphatic rings. The minimum absolute atomic E-state index is 0.268. The third-order valence-corrected chi connectivity index (χ3v) is 5.28. The number of aromatic nitrogens is 1. The Morgan fingerprint density at radius 1 is 1.12 bits per heavy atom. The van der Waals surface area contributed by atoms with E-state index in [1.165, 1.54) is 0 Å². The van der Waals surface area contributed by atoms with E-state index in [2.05, 4.69) is 15.6 Å². The summed E-state index contributed by atoms with van der Waals surface area (Å²) in [6.07, 6.45) is 4.46. The van der Waals surface area contributed by atoms with Crippen molar-refractivity contribution >= 4 is 34.2 Å². The number of fused-ring (bicyclic) bond motifs is 1. The molecule has 0 bridgehead atoms. The van der Waals surface area contributed by atoms with Gasteiger partial charge < -0.3 is 19.8 Å². The van der Waals surface area contributed by atoms with Crippen molar-refractivity contribution in [3.8, 4) is 5.75 Å². The van der Waals surface area contributed by atoms with E-state index in [-0.39, 0.29) is 11.7 Å². The summed E-state index contributed by atoms with van der Waals surface area (Å²) in [5.41, 5.74) is 3.17. The van der Waals surface area contributed by atoms with Crippen LogP contribution in [0.2, 0.25) is 5.02 Å². The number of nitrogens with one attached hydrogen (secondary N) is 2. The molecule has 1 amide bonds. The molecule has 4 rings (SSSR count). The van der Waals surface area contributed by atoms with Gasteiger partial charge in [-0.15, -0.1) is 0 Å². The van der Waals surface area contributed by atoms with Gasteiger partial charge in [0.25, 0.3) is 5.91 Å². The van der Waals surface area contributed by atoms with Gasteiger partial charge in [0, 0.05) is 35.2 Å². The summed E-state index contributed by atoms with van der Waals surface area (Å²) in [4.78, 5) is 16.9. The van der Waals surface area contributed by atoms with Crippen LogP contribution in [0.3, 0.4) is 0 Å². The zero-order valence-corrected chi connectivity index (χ0v) is 18.5. The molecule has 0 saturated heterocycles. The van der Waals surface area contributed by atoms with Gasteiger partial charge in [-0.3, -0.25) is 9.78 Å². The van der Waals surface area contributed by atoms with Crippen LogP contribution in [0.1, 0.15) is 28.1 Å². The monoisotopic (exact) mass is 449 g/mol. The number of rotatable bonds is 9. The van der Waals surface area contributed by atoms with Gasteiger partial charge in [-0.05, 0) is 67.9 Å². The van der Waals surface area contributed by atoms with Crippen molar-refractivity contribution in [1.29, 1.82) is 0 Å². The van der Waals surface area contributed by atoms with E-state index >= 15 is 0 Å². The number of anilines is 1. The lowest BCUT2D eigenvalue weighted by Gasteiger charge is -2.08. The summed E-state index contributed by atoms with van der Waals surface area (Å²) < 4.78 is 11.9. The zero-order valence-electron chi connectivity index (χ0n) is 17.7. The highest BCUT2D eigenvalue weighted by atomic mass is 35.5. The Kier molecular flexibility index (Phi) is 7.04. The molecule has 7 heteroatoms. The van der Waals surface area contributed by atoms with Crippen molar-refractivity contribution in [2.24, 2.45) is 0 Å². The molecule has 0 radical (unpaired) electrons. The van der Waals surface area contributed by atoms with Crippen LogP contribution in [0, 0.1) is 6.92 Å². The van der Waals surface area contributed by atoms with Gasteiger partial charge >= 0.3 is 0 Å². The minimum Gasteiger partial charge on any atom is -0.493 e. The molecular formula is C25H24ClN3O3. The van der Waals surface area contributed by atoms with Gasteiger partial charge in [-0.2, -0.15) is 0 Å². The molecule has 0 atom stereocenters. The summed E-state index contributed by atoms with van der Waals surface area (Å²) in [5.74, 6) is 0.664. The predicted molar refractivity (Wildman–Crippen MR) is 126 cm³/mol. The van der Waals surface area contributed by atoms with E-state index < -0.39 is 0 Å². The first kappa shape index (κ1) is 21.9. The standard InChI is InChI=1S/C25H24ClN3O3/c1-17-23-21(31-14-4-13-28-16-18-5-3-12-27-15-18)6-2-7-22(23)32-24(17)25(30)29-20-10-8-19(26)9-11-20/h2-3,5-12,15,28H,4,13-14,16H2,1H3,(H,29,30). The highest BCUT2D eigenvalue weighted by molar-refractivity contribution is 6.30. The maximum Gasteiger partial charge on any atom is 0.291 e. The lowest BCUT2D eigenvalue weighted by Crippen LogP contribution is -2.17. The van der Waals surface area contributed by atoms with Crippen LogP contribution in [0.5, 0.6) is 5.75 Å². The average Bonchev–Trinajstić information content (AvgIpc) is 3.16. The molecule has 0 aliphatic heterocycles. The molecule has 32 heavy (non-hydrogen) atoms. The van der Waals surface area contributed by atoms with Crippen LogP contribution < -0.4 is 15.4 Å². The molecule has 0 saturated carbocycles. The number of hydrogen-bond donors (Lipinski definition) is 2. The molecule has 2 aromatic carbocycles. The first-order chi connectivity index (χ1) is 15.6. The molecule has 164 valence electrons. The quantitative estimate of drug-likeness (QED) is 0.325. The van der Waals surface area contributed by atoms with E-state index in [0.717, 1.165) is 36.0 Å². The molecule has 0 spiro atoms. The average molecular weight is 450 g/mol. The van der Waals surface area contributed by atoms with E-state index in [1.807, 2.05) is 43.5 Å². The van der Waals surface area contributed by atoms with Crippen molar-refractivity contribution in [3.63, 3.8) is 0 Å². The van der Waals surface area contributed by atoms with Crippen molar-refractivity contribution in [2.75, 3.05) is 18.5 Å². The summed E-state index contributed by atoms with van der Waals surface area (Å²) in [7, 11) is 0. The Morgan fingerprint density at radius 3 is 2.75 bits per heavy atom. The molecule has 2 N–H and O–H groups in total. The third-order valence-electron chi connectivity index (χ3n) is 5.03. The van der Waals surface area contributed by atoms with Crippen molar-refractivity contribution < 1.29 is 13.9 Å². The highest BCUT2D eigenvalue weighted by Gasteiger charge is 2.20. The predicted octanol–water partition coefficient (Wildman–Crippen LogP) is 5.60. The molecule has 0 unspecified atom stereocenters. The molecule has 0 fully saturated rings. The van der Waals surface area contributed by atoms with E-state index in [4.69, 9.17) is 20.8 Å². The van der Waals surface area contributed by atoms with Gasteiger partial charge in [0.05, 0.1) is 12.0 Å². The smallest absolute Gasteiger partial charge is 0.291 e. The van der Waals surface area contributed by atoms with E-state index in [0.29, 0.717) is 28.6 Å². The van der Waals surface area contributed by atoms with Crippen LogP contribution in [0.25, 0.3) is 11.0 Å². The number of benzene rings is 2. The Labute approximate surface area is 191 Å². The number of pyridine rings is 1. The number of furan rings is 1. The van der Waals surface area contributed by atoms with Crippen molar-refractivity contribution in [3.05, 3.63) is 88.9 Å². The summed E-state index contributed by atoms with van der Waals surface area (Å²) in [6.45, 7) is 4.02. The van der Waals surface area contributed by atoms with Crippen LogP contribution in [-0.4, -0.2) is 24.0 Å². The Bertz CT molecular complexity index is 1190. The van der Waals surface area contributed by atoms with Gasteiger partial charge in [0.2, 0.25) is 0 Å². The molecule has 2 heterocycles. The Balaban J connectivity index is 1.37. The lowest BCUT2D eigenvalue weighted by atomic mass is 10.1. The maximum absolute atomic E-state index is 12.8. The molecule has 4 aromatic rings. The number of amides is 1. The topological polar surface area (TPSA) is 76.4 Å². The SMILES string of the molecule is Cc1c(C(=O)Nc2ccc(Cl)cc2)oc2cccc(OCCCNCc3cccnc3)c12. The number of hydrogen-bond acceptors (Lipinski definition) is 5. The number of carbonyl (C=O) groups excluding carboxylic acids is 1. The molecular weight excluding hydrogens is 426 g/mol. The van der Waals surface area contributed by atoms with Gasteiger partial charge in [-0.1, -0.05) is 23.7 Å². The van der Waals surface area contributed by atoms with E-state index in [1.54, 1.807) is 30.5 Å². The summed E-state index contributed by atoms with van der Waals surface area (Å²) in [5, 5.41) is 7.65. The van der Waals surface area contributed by atoms with Gasteiger partial charge in [-0.25, -0.2) is 0 Å². The first-order valence-corrected chi connectivity index (χ1v) is 10.8. The Hall–Kier alpha value is -3.35. The van der Waals surface area contributed by atoms with Crippen LogP contribution >= 0.6 is 11.6 Å². The second kappa shape index (κ2) is 10.3. The summed E-state index contributed by atoms with van der Waals surface area (Å²) in [6, 6.07) is 16.5. The number of aryl methyl sites for hydroxylation is 1. The fourth-order valence-electron chi connectivity index (χ4n) is 3.44. The van der Waals surface area contributed by atoms with E-state index in [9.17, 15) is 4.79 Å². The first-order valence-electron chi connectivity index (χ1n) is 10.4. The summed E-state index contributed by atoms with van der Waals surface area (Å²) >= 11 is 5.91. The molecule has 2 aromatic heterocycles. The zero-order chi connectivity index (χ0) is 22.3. The fraction of sp³-hybridized carbons (Fsp3) is 0.200. The molecule has 6 nitrogen and oxygen atoms in total. The normalized spacial score (nSPS) is 10.9. The fourth-order valence-corrected chi connectivity index (χ4v) is 3.56. The van der Waals surface area contributed by atoms with Gasteiger partial charge in [0.1, 0.15) is 11.3 Å². The number of carbonyl (C=O) groups is 1. The number of halogens is 1. The number of ether oxygens (including phenoxy) is 1. The maximum atomic E-state index is 12.8. The lowest BCUT2D eigenvalue weighted by molar-refractivity contribution is 0.0998. The van der Waals surface area contributed by atoms with Crippen molar-refractivity contribution in [1.82, 2.24) is 10.3 Å². The molecule has 0 aliphatic carbocycles. The van der Waals surface area contributed by atoms with Crippen LogP contribution in [0.4, 0.5) is 5.69 Å². The highest BCUT2D eigenvalue weighted by Crippen LogP contribution is 2.33. The minimum atomic E-state index is -0.313. The van der Waals surface area contributed by atoms with Gasteiger partial charge in [0.15, 0.2) is 5.76 Å². The van der Waals surface area contributed by atoms with Crippen molar-refractivity contribution in [2.45, 2.75) is 19.9 Å². The second-order valence-electron chi connectivity index (χ2n) is 7.39. The number of nitrogens with zero attached hydrogens (tertiary/aromatic N) is 1. The van der Waals surface area contributed by atoms with Crippen LogP contribution in [-0.2, 0) is 6.54 Å². The largest absolute Gasteiger partial charge is 0.493 e. The second-order valence-corrected chi connectivity index (χ2v) is 7.82. The third kappa shape index (κ3) is 5.28. The van der Waals surface area contributed by atoms with Crippen LogP contribution in [0.15, 0.2) is 71.4 Å². The Morgan fingerprint density at radius 2 is 1.97 bits per heavy atom.